The topological polar surface area (TPSA) is 79.1 Å². The molecule has 0 atom stereocenters. The average molecular weight is 255 g/mol. The van der Waals surface area contributed by atoms with Gasteiger partial charge in [0, 0.05) is 0 Å². The van der Waals surface area contributed by atoms with Gasteiger partial charge in [0.25, 0.3) is 0 Å². The maximum absolute atomic E-state index is 10.4. The summed E-state index contributed by atoms with van der Waals surface area (Å²) in [6, 6.07) is 5.77. The fourth-order valence-electron chi connectivity index (χ4n) is 0.772. The standard InChI is InChI=1S/C7H6NO4PS.Na.H/c9-13(10,11)12-7-3-1-6(2-4-7)8-5-14;;/h1-4H,(H2,9,10,11);;/q;+1;-1. The van der Waals surface area contributed by atoms with Crippen molar-refractivity contribution < 1.29 is 49.9 Å². The van der Waals surface area contributed by atoms with Gasteiger partial charge in [-0.3, -0.25) is 9.79 Å². The molecule has 76 valence electrons. The predicted octanol–water partition coefficient (Wildman–Crippen LogP) is -0.991. The van der Waals surface area contributed by atoms with Crippen molar-refractivity contribution in [2.24, 2.45) is 4.99 Å². The largest absolute Gasteiger partial charge is 1.00 e. The normalized spacial score (nSPS) is 9.73. The summed E-state index contributed by atoms with van der Waals surface area (Å²) in [4.78, 5) is 20.6. The number of rotatable bonds is 3. The van der Waals surface area contributed by atoms with Crippen molar-refractivity contribution in [2.45, 2.75) is 0 Å². The fourth-order valence-corrected chi connectivity index (χ4v) is 1.27. The van der Waals surface area contributed by atoms with E-state index in [1.807, 2.05) is 0 Å². The third-order valence-corrected chi connectivity index (χ3v) is 1.78. The Kier molecular flexibility index (Phi) is 6.52. The number of phosphoric acid groups is 1. The molecule has 8 heteroatoms. The van der Waals surface area contributed by atoms with Crippen LogP contribution in [0, 0.1) is 0 Å². The van der Waals surface area contributed by atoms with Gasteiger partial charge in [-0.25, -0.2) is 4.57 Å². The Morgan fingerprint density at radius 2 is 1.93 bits per heavy atom. The molecule has 0 radical (unpaired) electrons. The molecule has 1 aromatic carbocycles. The van der Waals surface area contributed by atoms with Crippen molar-refractivity contribution in [1.82, 2.24) is 0 Å². The maximum Gasteiger partial charge on any atom is 1.00 e. The van der Waals surface area contributed by atoms with Crippen molar-refractivity contribution in [3.05, 3.63) is 24.3 Å². The Bertz CT molecular complexity index is 417. The molecule has 0 aromatic heterocycles. The summed E-state index contributed by atoms with van der Waals surface area (Å²) in [6.07, 6.45) is 0. The Morgan fingerprint density at radius 1 is 1.40 bits per heavy atom. The molecule has 0 unspecified atom stereocenters. The molecule has 0 bridgehead atoms. The van der Waals surface area contributed by atoms with Gasteiger partial charge >= 0.3 is 37.4 Å². The number of thiocarbonyl (C=S) groups is 1. The van der Waals surface area contributed by atoms with Crippen LogP contribution in [0.5, 0.6) is 5.75 Å². The zero-order valence-electron chi connectivity index (χ0n) is 8.82. The van der Waals surface area contributed by atoms with Gasteiger partial charge in [-0.05, 0) is 36.5 Å². The molecule has 15 heavy (non-hydrogen) atoms. The van der Waals surface area contributed by atoms with Crippen LogP contribution in [0.15, 0.2) is 29.3 Å². The second-order valence-electron chi connectivity index (χ2n) is 2.28. The second-order valence-corrected chi connectivity index (χ2v) is 3.63. The Balaban J connectivity index is 0. The number of nitrogens with zero attached hydrogens (tertiary/aromatic N) is 1. The van der Waals surface area contributed by atoms with Crippen LogP contribution in [0.2, 0.25) is 0 Å². The molecule has 0 aliphatic heterocycles. The molecule has 1 rings (SSSR count). The van der Waals surface area contributed by atoms with E-state index in [1.54, 1.807) is 0 Å². The van der Waals surface area contributed by atoms with Gasteiger partial charge in [0.2, 0.25) is 0 Å². The van der Waals surface area contributed by atoms with E-state index in [0.29, 0.717) is 5.69 Å². The average Bonchev–Trinajstić information content (AvgIpc) is 2.06. The molecule has 0 aliphatic rings. The number of phosphoric ester groups is 1. The molecule has 0 fully saturated rings. The van der Waals surface area contributed by atoms with Crippen molar-refractivity contribution in [3.63, 3.8) is 0 Å². The first-order valence-corrected chi connectivity index (χ1v) is 5.38. The van der Waals surface area contributed by atoms with E-state index in [0.717, 1.165) is 0 Å². The van der Waals surface area contributed by atoms with E-state index in [1.165, 1.54) is 24.3 Å². The fraction of sp³-hybridized carbons (Fsp3) is 0. The second kappa shape index (κ2) is 6.53. The van der Waals surface area contributed by atoms with Gasteiger partial charge in [-0.15, -0.1) is 0 Å². The van der Waals surface area contributed by atoms with Gasteiger partial charge in [0.15, 0.2) is 0 Å². The van der Waals surface area contributed by atoms with Crippen molar-refractivity contribution in [1.29, 1.82) is 0 Å². The quantitative estimate of drug-likeness (QED) is 0.314. The zero-order valence-corrected chi connectivity index (χ0v) is 11.5. The van der Waals surface area contributed by atoms with E-state index in [-0.39, 0.29) is 36.7 Å². The molecule has 0 amide bonds. The number of hydrogen-bond donors (Lipinski definition) is 2. The first-order chi connectivity index (χ1) is 6.51. The van der Waals surface area contributed by atoms with Crippen LogP contribution < -0.4 is 34.1 Å². The van der Waals surface area contributed by atoms with E-state index >= 15 is 0 Å². The number of hydrogen-bond acceptors (Lipinski definition) is 4. The summed E-state index contributed by atoms with van der Waals surface area (Å²) in [5.74, 6) is 0.0710. The minimum atomic E-state index is -4.48. The van der Waals surface area contributed by atoms with Crippen LogP contribution in [0.3, 0.4) is 0 Å². The number of aliphatic imine (C=N–C) groups is 1. The molecule has 0 saturated heterocycles. The van der Waals surface area contributed by atoms with E-state index in [9.17, 15) is 4.57 Å². The molecule has 5 nitrogen and oxygen atoms in total. The van der Waals surface area contributed by atoms with Gasteiger partial charge in [0.1, 0.15) is 5.75 Å². The van der Waals surface area contributed by atoms with Crippen LogP contribution in [0.1, 0.15) is 1.43 Å². The number of benzene rings is 1. The smallest absolute Gasteiger partial charge is 1.00 e. The SMILES string of the molecule is O=P(O)(O)Oc1ccc(N=C=S)cc1.[H-].[Na+]. The molecule has 0 aliphatic carbocycles. The Morgan fingerprint density at radius 3 is 2.33 bits per heavy atom. The van der Waals surface area contributed by atoms with Gasteiger partial charge in [0.05, 0.1) is 10.8 Å². The third kappa shape index (κ3) is 6.20. The summed E-state index contributed by atoms with van der Waals surface area (Å²) in [6.45, 7) is 0. The van der Waals surface area contributed by atoms with Crippen LogP contribution in [-0.2, 0) is 4.57 Å². The van der Waals surface area contributed by atoms with E-state index in [4.69, 9.17) is 9.79 Å². The van der Waals surface area contributed by atoms with Crippen LogP contribution in [0.4, 0.5) is 5.69 Å². The number of isothiocyanates is 1. The maximum atomic E-state index is 10.4. The van der Waals surface area contributed by atoms with Gasteiger partial charge < -0.3 is 5.95 Å². The van der Waals surface area contributed by atoms with E-state index < -0.39 is 7.82 Å². The minimum Gasteiger partial charge on any atom is -1.00 e. The molecule has 1 aromatic rings. The summed E-state index contributed by atoms with van der Waals surface area (Å²) < 4.78 is 14.7. The first-order valence-electron chi connectivity index (χ1n) is 3.44. The van der Waals surface area contributed by atoms with E-state index in [2.05, 4.69) is 26.9 Å². The summed E-state index contributed by atoms with van der Waals surface area (Å²) in [7, 11) is -4.48. The molecule has 2 N–H and O–H groups in total. The van der Waals surface area contributed by atoms with Crippen molar-refractivity contribution in [2.75, 3.05) is 0 Å². The zero-order chi connectivity index (χ0) is 10.6. The van der Waals surface area contributed by atoms with Gasteiger partial charge in [-0.1, -0.05) is 0 Å². The molecule has 0 heterocycles. The first kappa shape index (κ1) is 15.0. The van der Waals surface area contributed by atoms with Crippen molar-refractivity contribution in [3.8, 4) is 5.75 Å². The van der Waals surface area contributed by atoms with Crippen LogP contribution in [0.25, 0.3) is 0 Å². The molecule has 0 saturated carbocycles. The predicted molar refractivity (Wildman–Crippen MR) is 54.9 cm³/mol. The Labute approximate surface area is 115 Å². The van der Waals surface area contributed by atoms with Crippen LogP contribution >= 0.6 is 20.0 Å². The Hall–Kier alpha value is -0.0300. The molecular formula is C7H7NNaO4PS. The third-order valence-electron chi connectivity index (χ3n) is 1.24. The van der Waals surface area contributed by atoms with Gasteiger partial charge in [-0.2, -0.15) is 4.99 Å². The monoisotopic (exact) mass is 255 g/mol. The van der Waals surface area contributed by atoms with Crippen LogP contribution in [-0.4, -0.2) is 14.9 Å². The molecule has 0 spiro atoms. The molecular weight excluding hydrogens is 248 g/mol. The van der Waals surface area contributed by atoms with Crippen molar-refractivity contribution >= 4 is 30.9 Å². The summed E-state index contributed by atoms with van der Waals surface area (Å²) in [5, 5.41) is 2.17. The minimum absolute atomic E-state index is 0. The summed E-state index contributed by atoms with van der Waals surface area (Å²) in [5.41, 5.74) is 0.540. The summed E-state index contributed by atoms with van der Waals surface area (Å²) >= 11 is 4.38.